The minimum Gasteiger partial charge on any atom is -0.394 e. The quantitative estimate of drug-likeness (QED) is 0.0261. The fourth-order valence-corrected chi connectivity index (χ4v) is 10.9. The topological polar surface area (TPSA) is 149 Å². The van der Waals surface area contributed by atoms with Gasteiger partial charge in [-0.15, -0.1) is 0 Å². The second kappa shape index (κ2) is 60.7. The molecule has 7 atom stereocenters. The Hall–Kier alpha value is -2.37. The molecule has 1 aliphatic heterocycles. The second-order valence-corrected chi connectivity index (χ2v) is 23.9. The molecule has 9 heteroatoms. The molecule has 1 saturated heterocycles. The van der Waals surface area contributed by atoms with Crippen molar-refractivity contribution in [1.29, 1.82) is 0 Å². The van der Waals surface area contributed by atoms with Crippen LogP contribution in [-0.2, 0) is 14.3 Å². The Labute approximate surface area is 499 Å². The first-order chi connectivity index (χ1) is 39.8. The van der Waals surface area contributed by atoms with Gasteiger partial charge >= 0.3 is 0 Å². The van der Waals surface area contributed by atoms with E-state index in [1.807, 2.05) is 0 Å². The number of rotatable bonds is 60. The maximum Gasteiger partial charge on any atom is 0.220 e. The van der Waals surface area contributed by atoms with Gasteiger partial charge in [0.1, 0.15) is 24.4 Å². The lowest BCUT2D eigenvalue weighted by atomic mass is 9.99. The molecule has 1 amide bonds. The number of hydrogen-bond donors (Lipinski definition) is 6. The van der Waals surface area contributed by atoms with E-state index >= 15 is 0 Å². The zero-order chi connectivity index (χ0) is 58.6. The van der Waals surface area contributed by atoms with Crippen molar-refractivity contribution in [3.8, 4) is 0 Å². The van der Waals surface area contributed by atoms with Crippen LogP contribution < -0.4 is 5.32 Å². The van der Waals surface area contributed by atoms with E-state index in [1.165, 1.54) is 218 Å². The molecule has 0 spiro atoms. The van der Waals surface area contributed by atoms with Crippen LogP contribution in [0.3, 0.4) is 0 Å². The number of aliphatic hydroxyl groups excluding tert-OH is 5. The van der Waals surface area contributed by atoms with Gasteiger partial charge in [-0.05, 0) is 64.2 Å². The Kier molecular flexibility index (Phi) is 57.5. The van der Waals surface area contributed by atoms with E-state index in [2.05, 4.69) is 92.1 Å². The summed E-state index contributed by atoms with van der Waals surface area (Å²) in [4.78, 5) is 13.1. The van der Waals surface area contributed by atoms with Crippen LogP contribution in [0.1, 0.15) is 322 Å². The van der Waals surface area contributed by atoms with Crippen LogP contribution in [0.2, 0.25) is 0 Å². The number of hydrogen-bond acceptors (Lipinski definition) is 8. The molecule has 0 bridgehead atoms. The number of unbranched alkanes of at least 4 members (excludes halogenated alkanes) is 38. The van der Waals surface area contributed by atoms with Gasteiger partial charge in [-0.3, -0.25) is 4.79 Å². The molecule has 1 rings (SSSR count). The Balaban J connectivity index is 2.04. The highest BCUT2D eigenvalue weighted by atomic mass is 16.7. The van der Waals surface area contributed by atoms with Crippen LogP contribution in [0.4, 0.5) is 0 Å². The van der Waals surface area contributed by atoms with Crippen molar-refractivity contribution in [2.24, 2.45) is 0 Å². The van der Waals surface area contributed by atoms with Gasteiger partial charge in [0, 0.05) is 6.42 Å². The van der Waals surface area contributed by atoms with E-state index in [-0.39, 0.29) is 12.5 Å². The summed E-state index contributed by atoms with van der Waals surface area (Å²) in [5, 5.41) is 54.8. The molecule has 1 fully saturated rings. The fraction of sp³-hybridized carbons (Fsp3) is 0.819. The summed E-state index contributed by atoms with van der Waals surface area (Å²) in [6.45, 7) is 3.75. The van der Waals surface area contributed by atoms with Crippen molar-refractivity contribution < 1.29 is 39.8 Å². The number of allylic oxidation sites excluding steroid dienone is 12. The van der Waals surface area contributed by atoms with Crippen LogP contribution in [0.25, 0.3) is 0 Å². The number of carbonyl (C=O) groups excluding carboxylic acids is 1. The van der Waals surface area contributed by atoms with Gasteiger partial charge in [-0.1, -0.05) is 324 Å². The predicted octanol–water partition coefficient (Wildman–Crippen LogP) is 18.8. The highest BCUT2D eigenvalue weighted by Gasteiger charge is 2.44. The smallest absolute Gasteiger partial charge is 0.220 e. The first-order valence-corrected chi connectivity index (χ1v) is 34.6. The molecule has 9 nitrogen and oxygen atoms in total. The zero-order valence-corrected chi connectivity index (χ0v) is 52.8. The molecule has 0 aromatic heterocycles. The van der Waals surface area contributed by atoms with E-state index in [9.17, 15) is 30.3 Å². The molecule has 0 aromatic carbocycles. The zero-order valence-electron chi connectivity index (χ0n) is 52.8. The third-order valence-electron chi connectivity index (χ3n) is 16.3. The average Bonchev–Trinajstić information content (AvgIpc) is 3.49. The summed E-state index contributed by atoms with van der Waals surface area (Å²) in [5.74, 6) is -0.139. The third-order valence-corrected chi connectivity index (χ3v) is 16.3. The number of carbonyl (C=O) groups is 1. The van der Waals surface area contributed by atoms with E-state index in [1.54, 1.807) is 0 Å². The summed E-state index contributed by atoms with van der Waals surface area (Å²) in [6.07, 6.45) is 78.3. The highest BCUT2D eigenvalue weighted by molar-refractivity contribution is 5.76. The van der Waals surface area contributed by atoms with Crippen molar-refractivity contribution in [3.63, 3.8) is 0 Å². The summed E-state index contributed by atoms with van der Waals surface area (Å²) in [6, 6.07) is -0.719. The van der Waals surface area contributed by atoms with Gasteiger partial charge in [0.2, 0.25) is 5.91 Å². The number of amides is 1. The van der Waals surface area contributed by atoms with Crippen molar-refractivity contribution >= 4 is 5.91 Å². The van der Waals surface area contributed by atoms with E-state index in [4.69, 9.17) is 9.47 Å². The minimum absolute atomic E-state index is 0.135. The largest absolute Gasteiger partial charge is 0.394 e. The molecular weight excluding hydrogens is 1010 g/mol. The van der Waals surface area contributed by atoms with Gasteiger partial charge in [0.25, 0.3) is 0 Å². The normalized spacial score (nSPS) is 18.8. The maximum atomic E-state index is 13.1. The van der Waals surface area contributed by atoms with Crippen molar-refractivity contribution in [3.05, 3.63) is 72.9 Å². The lowest BCUT2D eigenvalue weighted by molar-refractivity contribution is -0.302. The SMILES string of the molecule is CC/C=C\C/C=C\C/C=C\C/C=C\C/C=C\C/C=C\CCCCCCCCCCCCCCCCCCCCCCCCC(=O)NC(COC1OC(CO)C(O)C(O)C1O)C(O)CCCCCCCCCCCCCCCCCCC. The average molecular weight is 1140 g/mol. The molecule has 0 saturated carbocycles. The molecule has 1 heterocycles. The fourth-order valence-electron chi connectivity index (χ4n) is 10.9. The van der Waals surface area contributed by atoms with Crippen LogP contribution >= 0.6 is 0 Å². The molecule has 1 aliphatic rings. The summed E-state index contributed by atoms with van der Waals surface area (Å²) in [7, 11) is 0. The molecule has 0 radical (unpaired) electrons. The van der Waals surface area contributed by atoms with E-state index in [0.717, 1.165) is 77.0 Å². The van der Waals surface area contributed by atoms with Crippen molar-refractivity contribution in [1.82, 2.24) is 5.32 Å². The van der Waals surface area contributed by atoms with Crippen molar-refractivity contribution in [2.75, 3.05) is 13.2 Å². The predicted molar refractivity (Wildman–Crippen MR) is 345 cm³/mol. The lowest BCUT2D eigenvalue weighted by Crippen LogP contribution is -2.60. The van der Waals surface area contributed by atoms with Gasteiger partial charge in [-0.2, -0.15) is 0 Å². The first kappa shape index (κ1) is 76.6. The van der Waals surface area contributed by atoms with Gasteiger partial charge < -0.3 is 40.3 Å². The molecule has 0 aromatic rings. The summed E-state index contributed by atoms with van der Waals surface area (Å²) in [5.41, 5.74) is 0. The number of nitrogens with one attached hydrogen (secondary N) is 1. The van der Waals surface area contributed by atoms with Gasteiger partial charge in [0.15, 0.2) is 6.29 Å². The highest BCUT2D eigenvalue weighted by Crippen LogP contribution is 2.24. The molecule has 7 unspecified atom stereocenters. The Morgan fingerprint density at radius 1 is 0.432 bits per heavy atom. The Bertz CT molecular complexity index is 1510. The second-order valence-electron chi connectivity index (χ2n) is 23.9. The Morgan fingerprint density at radius 2 is 0.765 bits per heavy atom. The standard InChI is InChI=1S/C72H131NO8/c1-3-5-7-9-11-13-15-17-19-21-22-23-24-25-26-27-28-29-30-31-32-33-34-35-36-37-38-39-40-41-42-43-44-46-48-50-52-54-56-58-60-62-68(76)73-65(64-80-72-71(79)70(78)69(77)67(63-74)81-72)66(75)61-59-57-55-53-51-49-47-45-20-18-16-14-12-10-8-6-4-2/h5,7,11,13,17,19,22-23,25-26,28-29,65-67,69-72,74-75,77-79H,3-4,6,8-10,12,14-16,18,20-21,24,27,30-64H2,1-2H3,(H,73,76)/b7-5-,13-11-,19-17-,23-22-,26-25-,29-28-. The summed E-state index contributed by atoms with van der Waals surface area (Å²) < 4.78 is 11.3. The van der Waals surface area contributed by atoms with Gasteiger partial charge in [-0.25, -0.2) is 0 Å². The molecule has 472 valence electrons. The van der Waals surface area contributed by atoms with E-state index < -0.39 is 49.5 Å². The van der Waals surface area contributed by atoms with Crippen LogP contribution in [0.5, 0.6) is 0 Å². The monoisotopic (exact) mass is 1140 g/mol. The molecule has 6 N–H and O–H groups in total. The maximum absolute atomic E-state index is 13.1. The van der Waals surface area contributed by atoms with Crippen LogP contribution in [-0.4, -0.2) is 87.5 Å². The minimum atomic E-state index is -1.55. The molecule has 0 aliphatic carbocycles. The number of ether oxygens (including phenoxy) is 2. The first-order valence-electron chi connectivity index (χ1n) is 34.6. The van der Waals surface area contributed by atoms with Gasteiger partial charge in [0.05, 0.1) is 25.4 Å². The van der Waals surface area contributed by atoms with E-state index in [0.29, 0.717) is 12.8 Å². The van der Waals surface area contributed by atoms with Crippen LogP contribution in [0.15, 0.2) is 72.9 Å². The van der Waals surface area contributed by atoms with Crippen LogP contribution in [0, 0.1) is 0 Å². The molecular formula is C72H131NO8. The lowest BCUT2D eigenvalue weighted by Gasteiger charge is -2.40. The third kappa shape index (κ3) is 49.6. The Morgan fingerprint density at radius 3 is 1.14 bits per heavy atom. The molecule has 81 heavy (non-hydrogen) atoms. The summed E-state index contributed by atoms with van der Waals surface area (Å²) >= 11 is 0. The number of aliphatic hydroxyl groups is 5. The van der Waals surface area contributed by atoms with Crippen molar-refractivity contribution in [2.45, 2.75) is 365 Å².